The van der Waals surface area contributed by atoms with Gasteiger partial charge in [-0.15, -0.1) is 12.6 Å². The Morgan fingerprint density at radius 2 is 1.66 bits per heavy atom. The third kappa shape index (κ3) is 4.18. The molecule has 4 rings (SSSR count). The Morgan fingerprint density at radius 1 is 1.00 bits per heavy atom. The Kier molecular flexibility index (Phi) is 6.67. The molecule has 1 atom stereocenters. The molecule has 1 aliphatic heterocycles. The first kappa shape index (κ1) is 24.5. The second-order valence-corrected chi connectivity index (χ2v) is 9.48. The summed E-state index contributed by atoms with van der Waals surface area (Å²) < 4.78 is 0. The zero-order chi connectivity index (χ0) is 25.3. The van der Waals surface area contributed by atoms with Gasteiger partial charge in [0.25, 0.3) is 17.7 Å². The van der Waals surface area contributed by atoms with Gasteiger partial charge >= 0.3 is 0 Å². The standard InChI is InChI=1S/C27H27N3O4S/c1-4-5-13-23(31)30(27(2,35)26(34)28-3)18-14-15-19-17(16-18)9-8-12-22(19)29-24(32)20-10-6-7-11-21(20)25(29)33/h6-12,14-16,35H,4-5,13H2,1-3H3,(H,28,34)/t27-/m0/s1. The van der Waals surface area contributed by atoms with Gasteiger partial charge < -0.3 is 5.32 Å². The summed E-state index contributed by atoms with van der Waals surface area (Å²) in [6.45, 7) is 3.57. The molecule has 0 saturated carbocycles. The summed E-state index contributed by atoms with van der Waals surface area (Å²) >= 11 is 4.56. The van der Waals surface area contributed by atoms with Crippen LogP contribution in [0.1, 0.15) is 53.8 Å². The monoisotopic (exact) mass is 489 g/mol. The molecule has 7 nitrogen and oxygen atoms in total. The fourth-order valence-electron chi connectivity index (χ4n) is 4.41. The summed E-state index contributed by atoms with van der Waals surface area (Å²) in [5.41, 5.74) is 1.70. The number of unbranched alkanes of at least 4 members (excludes halogenated alkanes) is 1. The maximum Gasteiger partial charge on any atom is 0.266 e. The van der Waals surface area contributed by atoms with E-state index in [0.717, 1.165) is 6.42 Å². The van der Waals surface area contributed by atoms with Crippen LogP contribution in [0.4, 0.5) is 11.4 Å². The van der Waals surface area contributed by atoms with Crippen LogP contribution in [-0.4, -0.2) is 35.5 Å². The van der Waals surface area contributed by atoms with Crippen molar-refractivity contribution >= 4 is 58.4 Å². The number of anilines is 2. The number of carbonyl (C=O) groups excluding carboxylic acids is 4. The molecule has 1 heterocycles. The van der Waals surface area contributed by atoms with E-state index < -0.39 is 10.8 Å². The number of benzene rings is 3. The van der Waals surface area contributed by atoms with Crippen LogP contribution in [0.15, 0.2) is 60.7 Å². The van der Waals surface area contributed by atoms with E-state index in [4.69, 9.17) is 0 Å². The van der Waals surface area contributed by atoms with Crippen molar-refractivity contribution in [2.45, 2.75) is 38.0 Å². The predicted molar refractivity (Wildman–Crippen MR) is 140 cm³/mol. The third-order valence-corrected chi connectivity index (χ3v) is 6.62. The highest BCUT2D eigenvalue weighted by Crippen LogP contribution is 2.37. The number of carbonyl (C=O) groups is 4. The fourth-order valence-corrected chi connectivity index (χ4v) is 4.75. The second-order valence-electron chi connectivity index (χ2n) is 8.61. The Morgan fingerprint density at radius 3 is 2.26 bits per heavy atom. The molecule has 0 spiro atoms. The highest BCUT2D eigenvalue weighted by Gasteiger charge is 2.40. The number of hydrogen-bond acceptors (Lipinski definition) is 5. The summed E-state index contributed by atoms with van der Waals surface area (Å²) in [4.78, 5) is 53.1. The minimum atomic E-state index is -1.42. The Bertz CT molecular complexity index is 1320. The number of fused-ring (bicyclic) bond motifs is 2. The lowest BCUT2D eigenvalue weighted by atomic mass is 10.0. The second kappa shape index (κ2) is 9.54. The van der Waals surface area contributed by atoms with Crippen LogP contribution in [0.5, 0.6) is 0 Å². The Labute approximate surface area is 209 Å². The topological polar surface area (TPSA) is 86.8 Å². The van der Waals surface area contributed by atoms with E-state index in [1.165, 1.54) is 16.8 Å². The highest BCUT2D eigenvalue weighted by atomic mass is 32.1. The molecule has 35 heavy (non-hydrogen) atoms. The summed E-state index contributed by atoms with van der Waals surface area (Å²) in [6, 6.07) is 17.3. The molecule has 0 aliphatic carbocycles. The van der Waals surface area contributed by atoms with Gasteiger partial charge in [0.05, 0.1) is 16.8 Å². The lowest BCUT2D eigenvalue weighted by molar-refractivity contribution is -0.126. The van der Waals surface area contributed by atoms with E-state index in [0.29, 0.717) is 39.7 Å². The molecule has 180 valence electrons. The third-order valence-electron chi connectivity index (χ3n) is 6.22. The fraction of sp³-hybridized carbons (Fsp3) is 0.259. The van der Waals surface area contributed by atoms with Crippen molar-refractivity contribution < 1.29 is 19.2 Å². The van der Waals surface area contributed by atoms with E-state index >= 15 is 0 Å². The van der Waals surface area contributed by atoms with Gasteiger partial charge in [0.1, 0.15) is 0 Å². The van der Waals surface area contributed by atoms with Gasteiger partial charge in [0, 0.05) is 24.5 Å². The van der Waals surface area contributed by atoms with Crippen LogP contribution in [0, 0.1) is 0 Å². The zero-order valence-corrected chi connectivity index (χ0v) is 20.8. The maximum atomic E-state index is 13.2. The summed E-state index contributed by atoms with van der Waals surface area (Å²) in [6.07, 6.45) is 1.80. The number of likely N-dealkylation sites (N-methyl/N-ethyl adjacent to an activating group) is 1. The highest BCUT2D eigenvalue weighted by molar-refractivity contribution is 7.82. The van der Waals surface area contributed by atoms with Crippen molar-refractivity contribution in [2.75, 3.05) is 16.8 Å². The van der Waals surface area contributed by atoms with E-state index in [1.54, 1.807) is 61.5 Å². The van der Waals surface area contributed by atoms with Crippen molar-refractivity contribution in [3.05, 3.63) is 71.8 Å². The first-order chi connectivity index (χ1) is 16.7. The maximum absolute atomic E-state index is 13.2. The largest absolute Gasteiger partial charge is 0.356 e. The zero-order valence-electron chi connectivity index (χ0n) is 19.9. The minimum Gasteiger partial charge on any atom is -0.356 e. The lowest BCUT2D eigenvalue weighted by Gasteiger charge is -2.36. The van der Waals surface area contributed by atoms with Gasteiger partial charge in [-0.2, -0.15) is 0 Å². The summed E-state index contributed by atoms with van der Waals surface area (Å²) in [5, 5.41) is 3.96. The summed E-state index contributed by atoms with van der Waals surface area (Å²) in [5.74, 6) is -1.38. The molecule has 3 aromatic carbocycles. The quantitative estimate of drug-likeness (QED) is 0.290. The van der Waals surface area contributed by atoms with E-state index in [2.05, 4.69) is 17.9 Å². The van der Waals surface area contributed by atoms with Gasteiger partial charge in [-0.05, 0) is 49.1 Å². The molecule has 3 aromatic rings. The van der Waals surface area contributed by atoms with E-state index in [9.17, 15) is 19.2 Å². The number of amides is 4. The number of imide groups is 1. The number of nitrogens with zero attached hydrogens (tertiary/aromatic N) is 2. The summed E-state index contributed by atoms with van der Waals surface area (Å²) in [7, 11) is 1.50. The first-order valence-corrected chi connectivity index (χ1v) is 11.9. The van der Waals surface area contributed by atoms with Gasteiger partial charge in [-0.25, -0.2) is 4.90 Å². The number of thiol groups is 1. The molecule has 1 aliphatic rings. The number of rotatable bonds is 7. The van der Waals surface area contributed by atoms with Gasteiger partial charge in [0.2, 0.25) is 5.91 Å². The SMILES string of the molecule is CCCCC(=O)N(c1ccc2c(N3C(=O)c4ccccc4C3=O)cccc2c1)[C@@](C)(S)C(=O)NC. The van der Waals surface area contributed by atoms with Gasteiger partial charge in [0.15, 0.2) is 4.87 Å². The molecule has 0 bridgehead atoms. The normalized spacial score (nSPS) is 14.6. The van der Waals surface area contributed by atoms with Crippen molar-refractivity contribution in [3.63, 3.8) is 0 Å². The van der Waals surface area contributed by atoms with E-state index in [1.807, 2.05) is 13.0 Å². The van der Waals surface area contributed by atoms with Crippen molar-refractivity contribution in [2.24, 2.45) is 0 Å². The van der Waals surface area contributed by atoms with Crippen LogP contribution >= 0.6 is 12.6 Å². The molecule has 4 amide bonds. The van der Waals surface area contributed by atoms with Crippen molar-refractivity contribution in [3.8, 4) is 0 Å². The van der Waals surface area contributed by atoms with Crippen molar-refractivity contribution in [1.82, 2.24) is 5.32 Å². The van der Waals surface area contributed by atoms with Crippen LogP contribution in [0.2, 0.25) is 0 Å². The molecule has 1 N–H and O–H groups in total. The molecule has 8 heteroatoms. The molecular formula is C27H27N3O4S. The number of hydrogen-bond donors (Lipinski definition) is 2. The average Bonchev–Trinajstić information content (AvgIpc) is 3.11. The van der Waals surface area contributed by atoms with Crippen molar-refractivity contribution in [1.29, 1.82) is 0 Å². The van der Waals surface area contributed by atoms with Gasteiger partial charge in [-0.1, -0.05) is 43.7 Å². The molecule has 0 saturated heterocycles. The average molecular weight is 490 g/mol. The van der Waals surface area contributed by atoms with E-state index in [-0.39, 0.29) is 24.1 Å². The van der Waals surface area contributed by atoms with Crippen LogP contribution in [-0.2, 0) is 9.59 Å². The van der Waals surface area contributed by atoms with Gasteiger partial charge in [-0.3, -0.25) is 24.1 Å². The molecular weight excluding hydrogens is 462 g/mol. The predicted octanol–water partition coefficient (Wildman–Crippen LogP) is 4.56. The minimum absolute atomic E-state index is 0.219. The molecule has 0 aromatic heterocycles. The first-order valence-electron chi connectivity index (χ1n) is 11.5. The Balaban J connectivity index is 1.80. The lowest BCUT2D eigenvalue weighted by Crippen LogP contribution is -2.55. The molecule has 0 fully saturated rings. The molecule has 0 radical (unpaired) electrons. The van der Waals surface area contributed by atoms with Crippen LogP contribution < -0.4 is 15.1 Å². The number of nitrogens with one attached hydrogen (secondary N) is 1. The van der Waals surface area contributed by atoms with Crippen LogP contribution in [0.3, 0.4) is 0 Å². The Hall–Kier alpha value is -3.65. The molecule has 0 unspecified atom stereocenters. The van der Waals surface area contributed by atoms with Crippen LogP contribution in [0.25, 0.3) is 10.8 Å². The smallest absolute Gasteiger partial charge is 0.266 e.